The van der Waals surface area contributed by atoms with E-state index in [2.05, 4.69) is 15.6 Å². The van der Waals surface area contributed by atoms with Crippen molar-refractivity contribution in [1.82, 2.24) is 10.3 Å². The van der Waals surface area contributed by atoms with Crippen molar-refractivity contribution in [3.05, 3.63) is 84.1 Å². The van der Waals surface area contributed by atoms with Gasteiger partial charge in [-0.1, -0.05) is 29.8 Å². The summed E-state index contributed by atoms with van der Waals surface area (Å²) in [7, 11) is 3.17. The Morgan fingerprint density at radius 1 is 0.882 bits per heavy atom. The van der Waals surface area contributed by atoms with Crippen LogP contribution in [-0.4, -0.2) is 25.2 Å². The van der Waals surface area contributed by atoms with Gasteiger partial charge in [0, 0.05) is 23.3 Å². The third-order valence-electron chi connectivity index (χ3n) is 5.47. The Hall–Kier alpha value is -4.26. The number of hydrogen-bond acceptors (Lipinski definition) is 5. The van der Waals surface area contributed by atoms with E-state index < -0.39 is 0 Å². The molecule has 0 bridgehead atoms. The van der Waals surface area contributed by atoms with Crippen molar-refractivity contribution in [2.75, 3.05) is 19.5 Å². The Balaban J connectivity index is 1.43. The molecule has 2 amide bonds. The quantitative estimate of drug-likeness (QED) is 0.344. The van der Waals surface area contributed by atoms with Crippen LogP contribution in [0.1, 0.15) is 24.1 Å². The van der Waals surface area contributed by atoms with Crippen molar-refractivity contribution in [3.8, 4) is 23.0 Å². The topological polar surface area (TPSA) is 81.7 Å². The van der Waals surface area contributed by atoms with Gasteiger partial charge >= 0.3 is 6.03 Å². The van der Waals surface area contributed by atoms with E-state index in [0.29, 0.717) is 28.7 Å². The highest BCUT2D eigenvalue weighted by Crippen LogP contribution is 2.37. The maximum atomic E-state index is 12.4. The first-order valence-electron chi connectivity index (χ1n) is 10.9. The van der Waals surface area contributed by atoms with Crippen LogP contribution in [0.25, 0.3) is 10.9 Å². The third-order valence-corrected chi connectivity index (χ3v) is 5.47. The molecule has 0 aliphatic heterocycles. The van der Waals surface area contributed by atoms with Gasteiger partial charge in [0.2, 0.25) is 0 Å². The largest absolute Gasteiger partial charge is 0.493 e. The van der Waals surface area contributed by atoms with Crippen LogP contribution < -0.4 is 24.8 Å². The first-order valence-corrected chi connectivity index (χ1v) is 10.9. The van der Waals surface area contributed by atoms with Gasteiger partial charge in [-0.2, -0.15) is 0 Å². The molecule has 1 aromatic heterocycles. The molecule has 0 spiro atoms. The molecule has 0 radical (unpaired) electrons. The zero-order valence-corrected chi connectivity index (χ0v) is 19.6. The number of anilines is 1. The Morgan fingerprint density at radius 3 is 2.24 bits per heavy atom. The van der Waals surface area contributed by atoms with Crippen molar-refractivity contribution < 1.29 is 19.0 Å². The van der Waals surface area contributed by atoms with E-state index in [0.717, 1.165) is 16.5 Å². The molecule has 7 nitrogen and oxygen atoms in total. The molecule has 1 heterocycles. The molecule has 0 saturated heterocycles. The summed E-state index contributed by atoms with van der Waals surface area (Å²) in [6.45, 7) is 3.98. The van der Waals surface area contributed by atoms with Crippen LogP contribution in [-0.2, 0) is 0 Å². The van der Waals surface area contributed by atoms with Crippen LogP contribution in [0.4, 0.5) is 10.5 Å². The van der Waals surface area contributed by atoms with Crippen molar-refractivity contribution in [1.29, 1.82) is 0 Å². The number of carbonyl (C=O) groups is 1. The summed E-state index contributed by atoms with van der Waals surface area (Å²) in [6, 6.07) is 20.3. The zero-order chi connectivity index (χ0) is 24.1. The highest BCUT2D eigenvalue weighted by atomic mass is 16.5. The summed E-state index contributed by atoms with van der Waals surface area (Å²) in [6.07, 6.45) is 1.68. The lowest BCUT2D eigenvalue weighted by molar-refractivity contribution is 0.249. The van der Waals surface area contributed by atoms with E-state index >= 15 is 0 Å². The van der Waals surface area contributed by atoms with E-state index in [9.17, 15) is 4.79 Å². The summed E-state index contributed by atoms with van der Waals surface area (Å²) >= 11 is 0. The first kappa shape index (κ1) is 22.9. The highest BCUT2D eigenvalue weighted by Gasteiger charge is 2.12. The van der Waals surface area contributed by atoms with Gasteiger partial charge in [0.25, 0.3) is 0 Å². The Kier molecular flexibility index (Phi) is 6.82. The summed E-state index contributed by atoms with van der Waals surface area (Å²) in [5.41, 5.74) is 3.62. The second-order valence-electron chi connectivity index (χ2n) is 7.89. The predicted molar refractivity (Wildman–Crippen MR) is 133 cm³/mol. The van der Waals surface area contributed by atoms with Crippen molar-refractivity contribution in [2.24, 2.45) is 0 Å². The average molecular weight is 458 g/mol. The summed E-state index contributed by atoms with van der Waals surface area (Å²) < 4.78 is 16.9. The number of urea groups is 1. The molecule has 4 rings (SSSR count). The zero-order valence-electron chi connectivity index (χ0n) is 19.6. The number of carbonyl (C=O) groups excluding carboxylic acids is 1. The molecule has 7 heteroatoms. The number of ether oxygens (including phenoxy) is 3. The minimum atomic E-state index is -0.275. The number of methoxy groups -OCH3 is 2. The fourth-order valence-electron chi connectivity index (χ4n) is 3.57. The summed E-state index contributed by atoms with van der Waals surface area (Å²) in [5, 5.41) is 6.60. The number of fused-ring (bicyclic) bond motifs is 1. The number of aryl methyl sites for hydroxylation is 1. The SMILES string of the molecule is COc1cc2nccc(Oc3ccc(NC(=O)NC(C)c4ccc(C)cc4)cc3)c2cc1OC. The number of benzene rings is 3. The minimum Gasteiger partial charge on any atom is -0.493 e. The van der Waals surface area contributed by atoms with E-state index in [1.54, 1.807) is 50.7 Å². The number of pyridine rings is 1. The molecule has 0 aliphatic carbocycles. The van der Waals surface area contributed by atoms with E-state index in [1.165, 1.54) is 5.56 Å². The molecular formula is C27H27N3O4. The number of aromatic nitrogens is 1. The number of amides is 2. The molecular weight excluding hydrogens is 430 g/mol. The lowest BCUT2D eigenvalue weighted by atomic mass is 10.1. The molecule has 0 fully saturated rings. The molecule has 1 atom stereocenters. The fourth-order valence-corrected chi connectivity index (χ4v) is 3.57. The Bertz CT molecular complexity index is 1290. The Labute approximate surface area is 198 Å². The van der Waals surface area contributed by atoms with Crippen molar-refractivity contribution >= 4 is 22.6 Å². The number of nitrogens with one attached hydrogen (secondary N) is 2. The molecule has 3 aromatic carbocycles. The maximum Gasteiger partial charge on any atom is 0.319 e. The van der Waals surface area contributed by atoms with Crippen LogP contribution >= 0.6 is 0 Å². The smallest absolute Gasteiger partial charge is 0.319 e. The molecule has 1 unspecified atom stereocenters. The molecule has 34 heavy (non-hydrogen) atoms. The molecule has 174 valence electrons. The van der Waals surface area contributed by atoms with E-state index in [4.69, 9.17) is 14.2 Å². The molecule has 2 N–H and O–H groups in total. The molecule has 0 saturated carbocycles. The Morgan fingerprint density at radius 2 is 1.56 bits per heavy atom. The van der Waals surface area contributed by atoms with Crippen molar-refractivity contribution in [3.63, 3.8) is 0 Å². The number of rotatable bonds is 7. The molecule has 0 aliphatic rings. The van der Waals surface area contributed by atoms with Gasteiger partial charge in [-0.15, -0.1) is 0 Å². The molecule has 4 aromatic rings. The normalized spacial score (nSPS) is 11.5. The third kappa shape index (κ3) is 5.20. The number of hydrogen-bond donors (Lipinski definition) is 2. The first-order chi connectivity index (χ1) is 16.5. The van der Waals surface area contributed by atoms with Crippen molar-refractivity contribution in [2.45, 2.75) is 19.9 Å². The van der Waals surface area contributed by atoms with Gasteiger partial charge in [-0.25, -0.2) is 4.79 Å². The minimum absolute atomic E-state index is 0.112. The van der Waals surface area contributed by atoms with Crippen LogP contribution in [0.15, 0.2) is 72.9 Å². The summed E-state index contributed by atoms with van der Waals surface area (Å²) in [5.74, 6) is 2.46. The highest BCUT2D eigenvalue weighted by molar-refractivity contribution is 5.90. The second-order valence-corrected chi connectivity index (χ2v) is 7.89. The number of nitrogens with zero attached hydrogens (tertiary/aromatic N) is 1. The van der Waals surface area contributed by atoms with Gasteiger partial charge in [-0.3, -0.25) is 4.98 Å². The average Bonchev–Trinajstić information content (AvgIpc) is 2.84. The van der Waals surface area contributed by atoms with Gasteiger partial charge in [-0.05, 0) is 55.8 Å². The standard InChI is InChI=1S/C27H27N3O4/c1-17-5-7-19(8-6-17)18(2)29-27(31)30-20-9-11-21(12-10-20)34-24-13-14-28-23-16-26(33-4)25(32-3)15-22(23)24/h5-16,18H,1-4H3,(H2,29,30,31). The lowest BCUT2D eigenvalue weighted by Crippen LogP contribution is -2.31. The van der Waals surface area contributed by atoms with Crippen LogP contribution in [0.3, 0.4) is 0 Å². The van der Waals surface area contributed by atoms with Crippen LogP contribution in [0.5, 0.6) is 23.0 Å². The van der Waals surface area contributed by atoms with Gasteiger partial charge in [0.1, 0.15) is 11.5 Å². The lowest BCUT2D eigenvalue weighted by Gasteiger charge is -2.16. The second kappa shape index (κ2) is 10.1. The summed E-state index contributed by atoms with van der Waals surface area (Å²) in [4.78, 5) is 16.8. The maximum absolute atomic E-state index is 12.4. The van der Waals surface area contributed by atoms with Gasteiger partial charge < -0.3 is 24.8 Å². The monoisotopic (exact) mass is 457 g/mol. The van der Waals surface area contributed by atoms with E-state index in [1.807, 2.05) is 50.2 Å². The van der Waals surface area contributed by atoms with Gasteiger partial charge in [0.05, 0.1) is 25.8 Å². The van der Waals surface area contributed by atoms with Crippen LogP contribution in [0, 0.1) is 6.92 Å². The predicted octanol–water partition coefficient (Wildman–Crippen LogP) is 6.24. The van der Waals surface area contributed by atoms with E-state index in [-0.39, 0.29) is 12.1 Å². The van der Waals surface area contributed by atoms with Gasteiger partial charge in [0.15, 0.2) is 11.5 Å². The van der Waals surface area contributed by atoms with Crippen LogP contribution in [0.2, 0.25) is 0 Å². The fraction of sp³-hybridized carbons (Fsp3) is 0.185.